The second kappa shape index (κ2) is 7.59. The Balaban J connectivity index is 2.16. The third kappa shape index (κ3) is 3.14. The van der Waals surface area contributed by atoms with Gasteiger partial charge in [-0.3, -0.25) is 0 Å². The van der Waals surface area contributed by atoms with Crippen molar-refractivity contribution in [2.45, 2.75) is 31.3 Å². The van der Waals surface area contributed by atoms with Crippen molar-refractivity contribution in [3.63, 3.8) is 0 Å². The summed E-state index contributed by atoms with van der Waals surface area (Å²) in [6, 6.07) is 9.38. The van der Waals surface area contributed by atoms with Gasteiger partial charge >= 0.3 is 5.97 Å². The number of ether oxygens (including phenoxy) is 2. The van der Waals surface area contributed by atoms with Gasteiger partial charge in [-0.1, -0.05) is 30.3 Å². The Morgan fingerprint density at radius 3 is 2.50 bits per heavy atom. The van der Waals surface area contributed by atoms with Crippen LogP contribution in [-0.4, -0.2) is 57.4 Å². The molecule has 7 heteroatoms. The smallest absolute Gasteiger partial charge is 0.340 e. The van der Waals surface area contributed by atoms with Crippen LogP contribution in [0.2, 0.25) is 0 Å². The summed E-state index contributed by atoms with van der Waals surface area (Å²) in [5.74, 6) is -0.530. The Bertz CT molecular complexity index is 772. The fraction of sp³-hybridized carbons (Fsp3) is 0.421. The number of rotatable bonds is 5. The van der Waals surface area contributed by atoms with Crippen LogP contribution >= 0.6 is 0 Å². The quantitative estimate of drug-likeness (QED) is 0.688. The third-order valence-electron chi connectivity index (χ3n) is 4.59. The van der Waals surface area contributed by atoms with Crippen LogP contribution in [0.3, 0.4) is 0 Å². The van der Waals surface area contributed by atoms with Crippen LogP contribution in [0.5, 0.6) is 0 Å². The maximum absolute atomic E-state index is 12.5. The number of nitrogens with zero attached hydrogens (tertiary/aromatic N) is 1. The summed E-state index contributed by atoms with van der Waals surface area (Å²) in [4.78, 5) is 12.5. The highest BCUT2D eigenvalue weighted by Crippen LogP contribution is 2.41. The fourth-order valence-electron chi connectivity index (χ4n) is 3.40. The standard InChI is InChI=1S/C19H23NO6/c1-3-25-19(24)12-9-20(2)15(11-7-5-4-6-8-11)14(12)18-17(23)16(22)13(10-21)26-18/h4-9,13,16-18,21-23H,3,10H2,1-2H3/t13-,16-,17-,18-/m1/s1. The monoisotopic (exact) mass is 361 g/mol. The Hall–Kier alpha value is -2.19. The topological polar surface area (TPSA) is 101 Å². The molecule has 0 saturated carbocycles. The van der Waals surface area contributed by atoms with Gasteiger partial charge < -0.3 is 29.4 Å². The molecule has 0 unspecified atom stereocenters. The molecular weight excluding hydrogens is 338 g/mol. The van der Waals surface area contributed by atoms with E-state index >= 15 is 0 Å². The molecule has 0 amide bonds. The largest absolute Gasteiger partial charge is 0.462 e. The fourth-order valence-corrected chi connectivity index (χ4v) is 3.40. The summed E-state index contributed by atoms with van der Waals surface area (Å²) in [5, 5.41) is 30.0. The first-order valence-corrected chi connectivity index (χ1v) is 8.53. The number of aliphatic hydroxyl groups excluding tert-OH is 3. The van der Waals surface area contributed by atoms with Crippen molar-refractivity contribution >= 4 is 5.97 Å². The number of benzene rings is 1. The van der Waals surface area contributed by atoms with Crippen molar-refractivity contribution in [1.29, 1.82) is 0 Å². The molecule has 2 heterocycles. The van der Waals surface area contributed by atoms with Crippen LogP contribution in [0, 0.1) is 0 Å². The van der Waals surface area contributed by atoms with Crippen molar-refractivity contribution in [3.8, 4) is 11.3 Å². The average molecular weight is 361 g/mol. The minimum absolute atomic E-state index is 0.212. The first-order valence-electron chi connectivity index (χ1n) is 8.53. The maximum atomic E-state index is 12.5. The highest BCUT2D eigenvalue weighted by atomic mass is 16.6. The van der Waals surface area contributed by atoms with Crippen molar-refractivity contribution in [3.05, 3.63) is 47.7 Å². The van der Waals surface area contributed by atoms with E-state index in [2.05, 4.69) is 0 Å². The lowest BCUT2D eigenvalue weighted by atomic mass is 9.95. The van der Waals surface area contributed by atoms with E-state index in [0.717, 1.165) is 5.56 Å². The van der Waals surface area contributed by atoms with Crippen molar-refractivity contribution < 1.29 is 29.6 Å². The molecule has 0 spiro atoms. The second-order valence-corrected chi connectivity index (χ2v) is 6.26. The maximum Gasteiger partial charge on any atom is 0.340 e. The minimum Gasteiger partial charge on any atom is -0.462 e. The minimum atomic E-state index is -1.27. The van der Waals surface area contributed by atoms with Crippen molar-refractivity contribution in [1.82, 2.24) is 4.57 Å². The van der Waals surface area contributed by atoms with Gasteiger partial charge in [0.05, 0.1) is 24.5 Å². The third-order valence-corrected chi connectivity index (χ3v) is 4.59. The van der Waals surface area contributed by atoms with Gasteiger partial charge in [-0.15, -0.1) is 0 Å². The van der Waals surface area contributed by atoms with Gasteiger partial charge in [-0.2, -0.15) is 0 Å². The highest BCUT2D eigenvalue weighted by molar-refractivity contribution is 5.94. The van der Waals surface area contributed by atoms with Crippen molar-refractivity contribution in [2.75, 3.05) is 13.2 Å². The van der Waals surface area contributed by atoms with Gasteiger partial charge in [0, 0.05) is 18.8 Å². The van der Waals surface area contributed by atoms with Crippen LogP contribution in [0.25, 0.3) is 11.3 Å². The van der Waals surface area contributed by atoms with Crippen LogP contribution in [-0.2, 0) is 16.5 Å². The van der Waals surface area contributed by atoms with Gasteiger partial charge in [0.15, 0.2) is 0 Å². The molecule has 26 heavy (non-hydrogen) atoms. The molecule has 1 aromatic heterocycles. The predicted molar refractivity (Wildman–Crippen MR) is 93.5 cm³/mol. The number of hydrogen-bond donors (Lipinski definition) is 3. The molecule has 3 N–H and O–H groups in total. The van der Waals surface area contributed by atoms with Gasteiger partial charge in [0.2, 0.25) is 0 Å². The molecule has 1 aliphatic heterocycles. The van der Waals surface area contributed by atoms with Crippen LogP contribution in [0.15, 0.2) is 36.5 Å². The normalized spacial score (nSPS) is 25.4. The zero-order valence-electron chi connectivity index (χ0n) is 14.7. The zero-order valence-corrected chi connectivity index (χ0v) is 14.7. The lowest BCUT2D eigenvalue weighted by Crippen LogP contribution is -2.32. The van der Waals surface area contributed by atoms with E-state index < -0.39 is 37.0 Å². The molecule has 1 aromatic carbocycles. The number of aryl methyl sites for hydroxylation is 1. The Labute approximate surface area is 151 Å². The molecule has 4 atom stereocenters. The van der Waals surface area contributed by atoms with E-state index in [-0.39, 0.29) is 12.2 Å². The number of aromatic nitrogens is 1. The zero-order chi connectivity index (χ0) is 18.8. The molecule has 1 saturated heterocycles. The van der Waals surface area contributed by atoms with E-state index in [0.29, 0.717) is 11.3 Å². The summed E-state index contributed by atoms with van der Waals surface area (Å²) in [5.41, 5.74) is 2.23. The SMILES string of the molecule is CCOC(=O)c1cn(C)c(-c2ccccc2)c1[C@H]1O[C@H](CO)[C@@H](O)[C@H]1O. The molecule has 0 aliphatic carbocycles. The summed E-state index contributed by atoms with van der Waals surface area (Å²) < 4.78 is 12.6. The lowest BCUT2D eigenvalue weighted by molar-refractivity contribution is -0.0229. The number of carbonyl (C=O) groups excluding carboxylic acids is 1. The second-order valence-electron chi connectivity index (χ2n) is 6.26. The molecule has 0 bridgehead atoms. The summed E-state index contributed by atoms with van der Waals surface area (Å²) in [6.45, 7) is 1.49. The molecule has 7 nitrogen and oxygen atoms in total. The summed E-state index contributed by atoms with van der Waals surface area (Å²) in [7, 11) is 1.79. The van der Waals surface area contributed by atoms with Crippen LogP contribution in [0.4, 0.5) is 0 Å². The summed E-state index contributed by atoms with van der Waals surface area (Å²) in [6.07, 6.45) is -2.77. The number of hydrogen-bond acceptors (Lipinski definition) is 6. The van der Waals surface area contributed by atoms with Gasteiger partial charge in [0.1, 0.15) is 24.4 Å². The van der Waals surface area contributed by atoms with Gasteiger partial charge in [-0.05, 0) is 12.5 Å². The van der Waals surface area contributed by atoms with E-state index in [1.54, 1.807) is 24.7 Å². The molecule has 1 fully saturated rings. The number of esters is 1. The van der Waals surface area contributed by atoms with Crippen molar-refractivity contribution in [2.24, 2.45) is 7.05 Å². The summed E-state index contributed by atoms with van der Waals surface area (Å²) >= 11 is 0. The van der Waals surface area contributed by atoms with Crippen LogP contribution in [0.1, 0.15) is 28.9 Å². The molecule has 0 radical (unpaired) electrons. The van der Waals surface area contributed by atoms with E-state index in [1.807, 2.05) is 30.3 Å². The van der Waals surface area contributed by atoms with Gasteiger partial charge in [0.25, 0.3) is 0 Å². The van der Waals surface area contributed by atoms with Crippen LogP contribution < -0.4 is 0 Å². The predicted octanol–water partition coefficient (Wildman–Crippen LogP) is 1.02. The number of aliphatic hydroxyl groups is 3. The Kier molecular flexibility index (Phi) is 5.43. The number of carbonyl (C=O) groups is 1. The molecular formula is C19H23NO6. The average Bonchev–Trinajstić information content (AvgIpc) is 3.13. The highest BCUT2D eigenvalue weighted by Gasteiger charge is 2.46. The molecule has 3 rings (SSSR count). The van der Waals surface area contributed by atoms with E-state index in [4.69, 9.17) is 9.47 Å². The molecule has 140 valence electrons. The molecule has 2 aromatic rings. The molecule has 1 aliphatic rings. The van der Waals surface area contributed by atoms with E-state index in [1.165, 1.54) is 0 Å². The van der Waals surface area contributed by atoms with E-state index in [9.17, 15) is 20.1 Å². The van der Waals surface area contributed by atoms with Gasteiger partial charge in [-0.25, -0.2) is 4.79 Å². The first-order chi connectivity index (χ1) is 12.5. The Morgan fingerprint density at radius 2 is 1.92 bits per heavy atom. The lowest BCUT2D eigenvalue weighted by Gasteiger charge is -2.18. The Morgan fingerprint density at radius 1 is 1.23 bits per heavy atom. The first kappa shape index (κ1) is 18.6.